The molecular formula is C15H26N4O3S. The van der Waals surface area contributed by atoms with E-state index in [1.165, 1.54) is 23.1 Å². The Morgan fingerprint density at radius 1 is 1.30 bits per heavy atom. The van der Waals surface area contributed by atoms with Gasteiger partial charge in [-0.2, -0.15) is 5.10 Å². The predicted molar refractivity (Wildman–Crippen MR) is 87.6 cm³/mol. The van der Waals surface area contributed by atoms with Gasteiger partial charge in [-0.1, -0.05) is 0 Å². The number of aromatic nitrogens is 2. The van der Waals surface area contributed by atoms with Crippen LogP contribution < -0.4 is 0 Å². The number of carbonyl (C=O) groups is 1. The molecule has 1 aliphatic heterocycles. The molecule has 1 saturated heterocycles. The quantitative estimate of drug-likeness (QED) is 0.822. The minimum absolute atomic E-state index is 0.00315. The zero-order valence-electron chi connectivity index (χ0n) is 14.5. The summed E-state index contributed by atoms with van der Waals surface area (Å²) in [4.78, 5) is 14.6. The van der Waals surface area contributed by atoms with E-state index in [1.807, 2.05) is 4.90 Å². The fraction of sp³-hybridized carbons (Fsp3) is 0.733. The molecule has 0 unspecified atom stereocenters. The monoisotopic (exact) mass is 342 g/mol. The van der Waals surface area contributed by atoms with Crippen molar-refractivity contribution in [3.8, 4) is 0 Å². The first-order chi connectivity index (χ1) is 10.7. The van der Waals surface area contributed by atoms with Crippen LogP contribution >= 0.6 is 0 Å². The SMILES string of the molecule is Cc1nn(CC(=O)N2CCCC[C@H]2C)c(C)c1S(=O)(=O)N(C)C. The lowest BCUT2D eigenvalue weighted by Gasteiger charge is -2.33. The Bertz CT molecular complexity index is 694. The Balaban J connectivity index is 2.27. The molecule has 1 aromatic rings. The summed E-state index contributed by atoms with van der Waals surface area (Å²) >= 11 is 0. The van der Waals surface area contributed by atoms with Crippen LogP contribution in [0, 0.1) is 13.8 Å². The highest BCUT2D eigenvalue weighted by Gasteiger charge is 2.29. The summed E-state index contributed by atoms with van der Waals surface area (Å²) < 4.78 is 27.5. The third kappa shape index (κ3) is 3.42. The Hall–Kier alpha value is -1.41. The molecule has 1 fully saturated rings. The van der Waals surface area contributed by atoms with E-state index in [-0.39, 0.29) is 23.4 Å². The molecule has 23 heavy (non-hydrogen) atoms. The highest BCUT2D eigenvalue weighted by molar-refractivity contribution is 7.89. The van der Waals surface area contributed by atoms with Crippen LogP contribution in [-0.2, 0) is 21.4 Å². The van der Waals surface area contributed by atoms with Crippen molar-refractivity contribution in [2.45, 2.75) is 57.5 Å². The molecule has 0 aliphatic carbocycles. The maximum Gasteiger partial charge on any atom is 0.246 e. The van der Waals surface area contributed by atoms with Gasteiger partial charge < -0.3 is 4.90 Å². The van der Waals surface area contributed by atoms with Gasteiger partial charge in [-0.05, 0) is 40.0 Å². The second kappa shape index (κ2) is 6.60. The molecule has 1 atom stereocenters. The summed E-state index contributed by atoms with van der Waals surface area (Å²) in [5.41, 5.74) is 0.935. The zero-order chi connectivity index (χ0) is 17.4. The number of hydrogen-bond donors (Lipinski definition) is 0. The first kappa shape index (κ1) is 17.9. The fourth-order valence-corrected chi connectivity index (χ4v) is 4.34. The Morgan fingerprint density at radius 3 is 2.52 bits per heavy atom. The van der Waals surface area contributed by atoms with E-state index in [2.05, 4.69) is 12.0 Å². The number of carbonyl (C=O) groups excluding carboxylic acids is 1. The molecule has 0 spiro atoms. The van der Waals surface area contributed by atoms with Gasteiger partial charge in [-0.3, -0.25) is 9.48 Å². The highest BCUT2D eigenvalue weighted by Crippen LogP contribution is 2.23. The minimum Gasteiger partial charge on any atom is -0.338 e. The Morgan fingerprint density at radius 2 is 1.96 bits per heavy atom. The average molecular weight is 342 g/mol. The normalized spacial score (nSPS) is 19.4. The molecule has 0 saturated carbocycles. The number of hydrogen-bond acceptors (Lipinski definition) is 4. The van der Waals surface area contributed by atoms with Gasteiger partial charge in [0.05, 0.1) is 11.4 Å². The molecule has 0 bridgehead atoms. The second-order valence-corrected chi connectivity index (χ2v) is 8.47. The lowest BCUT2D eigenvalue weighted by molar-refractivity contribution is -0.135. The molecule has 0 radical (unpaired) electrons. The number of likely N-dealkylation sites (tertiary alicyclic amines) is 1. The van der Waals surface area contributed by atoms with Crippen molar-refractivity contribution in [2.75, 3.05) is 20.6 Å². The predicted octanol–water partition coefficient (Wildman–Crippen LogP) is 1.15. The van der Waals surface area contributed by atoms with Gasteiger partial charge in [0.15, 0.2) is 0 Å². The van der Waals surface area contributed by atoms with Crippen molar-refractivity contribution < 1.29 is 13.2 Å². The molecule has 130 valence electrons. The molecule has 0 N–H and O–H groups in total. The van der Waals surface area contributed by atoms with Crippen LogP contribution in [-0.4, -0.2) is 60.0 Å². The highest BCUT2D eigenvalue weighted by atomic mass is 32.2. The first-order valence-corrected chi connectivity index (χ1v) is 9.36. The lowest BCUT2D eigenvalue weighted by atomic mass is 10.0. The Labute approximate surface area is 138 Å². The number of amides is 1. The van der Waals surface area contributed by atoms with Crippen molar-refractivity contribution in [3.05, 3.63) is 11.4 Å². The van der Waals surface area contributed by atoms with Crippen molar-refractivity contribution in [3.63, 3.8) is 0 Å². The van der Waals surface area contributed by atoms with E-state index in [9.17, 15) is 13.2 Å². The number of piperidine rings is 1. The summed E-state index contributed by atoms with van der Waals surface area (Å²) in [7, 11) is -0.579. The van der Waals surface area contributed by atoms with Gasteiger partial charge in [0.1, 0.15) is 11.4 Å². The van der Waals surface area contributed by atoms with E-state index in [0.717, 1.165) is 25.8 Å². The topological polar surface area (TPSA) is 75.5 Å². The van der Waals surface area contributed by atoms with Crippen LogP contribution in [0.2, 0.25) is 0 Å². The summed E-state index contributed by atoms with van der Waals surface area (Å²) in [5.74, 6) is -0.00315. The van der Waals surface area contributed by atoms with Crippen LogP contribution in [0.15, 0.2) is 4.90 Å². The van der Waals surface area contributed by atoms with Gasteiger partial charge in [-0.25, -0.2) is 12.7 Å². The van der Waals surface area contributed by atoms with Gasteiger partial charge >= 0.3 is 0 Å². The van der Waals surface area contributed by atoms with Gasteiger partial charge in [-0.15, -0.1) is 0 Å². The molecule has 1 amide bonds. The molecular weight excluding hydrogens is 316 g/mol. The summed E-state index contributed by atoms with van der Waals surface area (Å²) in [6.07, 6.45) is 3.19. The van der Waals surface area contributed by atoms with Crippen molar-refractivity contribution in [2.24, 2.45) is 0 Å². The standard InChI is InChI=1S/C15H26N4O3S/c1-11-8-6-7-9-18(11)14(20)10-19-13(3)15(12(2)16-19)23(21,22)17(4)5/h11H,6-10H2,1-5H3/t11-/m1/s1. The van der Waals surface area contributed by atoms with Crippen LogP contribution in [0.5, 0.6) is 0 Å². The molecule has 0 aromatic carbocycles. The minimum atomic E-state index is -3.56. The van der Waals surface area contributed by atoms with Gasteiger partial charge in [0.25, 0.3) is 0 Å². The van der Waals surface area contributed by atoms with Crippen molar-refractivity contribution >= 4 is 15.9 Å². The van der Waals surface area contributed by atoms with Crippen LogP contribution in [0.3, 0.4) is 0 Å². The molecule has 2 heterocycles. The molecule has 7 nitrogen and oxygen atoms in total. The van der Waals surface area contributed by atoms with Gasteiger partial charge in [0, 0.05) is 26.7 Å². The maximum atomic E-state index is 12.5. The van der Waals surface area contributed by atoms with Crippen LogP contribution in [0.4, 0.5) is 0 Å². The van der Waals surface area contributed by atoms with Crippen molar-refractivity contribution in [1.29, 1.82) is 0 Å². The molecule has 8 heteroatoms. The van der Waals surface area contributed by atoms with E-state index < -0.39 is 10.0 Å². The molecule has 1 aliphatic rings. The largest absolute Gasteiger partial charge is 0.338 e. The number of sulfonamides is 1. The second-order valence-electron chi connectivity index (χ2n) is 6.38. The average Bonchev–Trinajstić information content (AvgIpc) is 2.73. The number of rotatable bonds is 4. The maximum absolute atomic E-state index is 12.5. The van der Waals surface area contributed by atoms with Crippen LogP contribution in [0.1, 0.15) is 37.6 Å². The summed E-state index contributed by atoms with van der Waals surface area (Å²) in [6, 6.07) is 0.234. The fourth-order valence-electron chi connectivity index (χ4n) is 3.08. The zero-order valence-corrected chi connectivity index (χ0v) is 15.4. The smallest absolute Gasteiger partial charge is 0.246 e. The number of aryl methyl sites for hydroxylation is 1. The lowest BCUT2D eigenvalue weighted by Crippen LogP contribution is -2.43. The molecule has 1 aromatic heterocycles. The summed E-state index contributed by atoms with van der Waals surface area (Å²) in [5, 5.41) is 4.28. The number of nitrogens with zero attached hydrogens (tertiary/aromatic N) is 4. The van der Waals surface area contributed by atoms with E-state index in [4.69, 9.17) is 0 Å². The van der Waals surface area contributed by atoms with Crippen molar-refractivity contribution in [1.82, 2.24) is 19.0 Å². The third-order valence-electron chi connectivity index (χ3n) is 4.46. The van der Waals surface area contributed by atoms with E-state index in [1.54, 1.807) is 13.8 Å². The van der Waals surface area contributed by atoms with E-state index in [0.29, 0.717) is 11.4 Å². The first-order valence-electron chi connectivity index (χ1n) is 7.92. The molecule has 2 rings (SSSR count). The third-order valence-corrected chi connectivity index (χ3v) is 6.53. The summed E-state index contributed by atoms with van der Waals surface area (Å²) in [6.45, 7) is 6.26. The van der Waals surface area contributed by atoms with E-state index >= 15 is 0 Å². The Kier molecular flexibility index (Phi) is 5.15. The van der Waals surface area contributed by atoms with Crippen LogP contribution in [0.25, 0.3) is 0 Å². The van der Waals surface area contributed by atoms with Gasteiger partial charge in [0.2, 0.25) is 15.9 Å².